The number of nitro benzene ring substituents is 1. The van der Waals surface area contributed by atoms with Gasteiger partial charge in [0.1, 0.15) is 17.1 Å². The molecular weight excluding hydrogens is 658 g/mol. The van der Waals surface area contributed by atoms with Gasteiger partial charge in [-0.15, -0.1) is 0 Å². The Morgan fingerprint density at radius 1 is 0.941 bits per heavy atom. The van der Waals surface area contributed by atoms with Crippen molar-refractivity contribution in [2.45, 2.75) is 38.5 Å². The largest absolute Gasteiger partial charge is 0.497 e. The third-order valence-corrected chi connectivity index (χ3v) is 8.09. The molecule has 0 aromatic heterocycles. The topological polar surface area (TPSA) is 182 Å². The van der Waals surface area contributed by atoms with Crippen LogP contribution < -0.4 is 20.3 Å². The van der Waals surface area contributed by atoms with Gasteiger partial charge in [0.25, 0.3) is 11.6 Å². The number of aliphatic hydroxyl groups is 1. The smallest absolute Gasteiger partial charge is 0.359 e. The van der Waals surface area contributed by atoms with Crippen LogP contribution in [0.4, 0.5) is 11.4 Å². The molecule has 0 bridgehead atoms. The van der Waals surface area contributed by atoms with Gasteiger partial charge in [-0.1, -0.05) is 60.7 Å². The third kappa shape index (κ3) is 8.20. The molecule has 4 aromatic rings. The lowest BCUT2D eigenvalue weighted by molar-refractivity contribution is -0.384. The van der Waals surface area contributed by atoms with Gasteiger partial charge in [0.05, 0.1) is 25.2 Å². The van der Waals surface area contributed by atoms with Crippen molar-refractivity contribution in [3.63, 3.8) is 0 Å². The van der Waals surface area contributed by atoms with Crippen LogP contribution in [0.25, 0.3) is 0 Å². The monoisotopic (exact) mass is 695 g/mol. The fraction of sp³-hybridized carbons (Fsp3) is 0.243. The van der Waals surface area contributed by atoms with Crippen molar-refractivity contribution in [2.75, 3.05) is 25.6 Å². The van der Waals surface area contributed by atoms with Crippen LogP contribution in [0.2, 0.25) is 0 Å². The van der Waals surface area contributed by atoms with Crippen LogP contribution in [-0.2, 0) is 22.5 Å². The number of Topliss-reactive ketones (excluding diaryl/α,β-unsaturated/α-hetero) is 1. The normalized spacial score (nSPS) is 15.3. The maximum Gasteiger partial charge on any atom is 0.359 e. The molecule has 0 spiro atoms. The molecule has 1 unspecified atom stereocenters. The highest BCUT2D eigenvalue weighted by Crippen LogP contribution is 2.41. The molecule has 3 N–H and O–H groups in total. The maximum absolute atomic E-state index is 14.5. The lowest BCUT2D eigenvalue weighted by atomic mass is 9.93. The lowest BCUT2D eigenvalue weighted by Crippen LogP contribution is -2.60. The predicted molar refractivity (Wildman–Crippen MR) is 187 cm³/mol. The highest BCUT2D eigenvalue weighted by Gasteiger charge is 2.56. The molecule has 1 amide bonds. The van der Waals surface area contributed by atoms with Gasteiger partial charge in [0.2, 0.25) is 11.5 Å². The van der Waals surface area contributed by atoms with Crippen LogP contribution in [-0.4, -0.2) is 64.5 Å². The van der Waals surface area contributed by atoms with E-state index in [0.717, 1.165) is 29.5 Å². The summed E-state index contributed by atoms with van der Waals surface area (Å²) in [5.41, 5.74) is -1.07. The zero-order valence-electron chi connectivity index (χ0n) is 28.0. The predicted octanol–water partition coefficient (Wildman–Crippen LogP) is 5.07. The number of benzene rings is 4. The fourth-order valence-electron chi connectivity index (χ4n) is 5.48. The minimum atomic E-state index is -2.88. The number of methoxy groups -OCH3 is 1. The number of unbranched alkanes of at least 4 members (excludes halogenated alkanes) is 1. The Balaban J connectivity index is 1.52. The second-order valence-electron chi connectivity index (χ2n) is 11.4. The standard InChI is InChI=1S/C37H37N5O9/c1-3-50-36(45)33-37(46,41(40-39-33)24-26-17-19-28(49-2)20-18-26)34(43)29-21-22-30(51-23-11-10-14-25-12-6-4-7-13-25)31(32(29)42(47)48)38-35(44)27-15-8-5-9-16-27/h4-9,12-13,15-22,40,46H,3,10-11,14,23-24H2,1-2H3,(H,38,44). The maximum atomic E-state index is 14.5. The minimum absolute atomic E-state index is 0.0619. The van der Waals surface area contributed by atoms with Gasteiger partial charge in [0, 0.05) is 12.1 Å². The second kappa shape index (κ2) is 16.5. The van der Waals surface area contributed by atoms with Gasteiger partial charge in [-0.3, -0.25) is 19.7 Å². The van der Waals surface area contributed by atoms with E-state index >= 15 is 0 Å². The Labute approximate surface area is 293 Å². The first-order valence-corrected chi connectivity index (χ1v) is 16.2. The molecule has 5 rings (SSSR count). The number of hydrogen-bond acceptors (Lipinski definition) is 12. The first kappa shape index (κ1) is 36.2. The fourth-order valence-corrected chi connectivity index (χ4v) is 5.48. The van der Waals surface area contributed by atoms with Crippen LogP contribution in [0.1, 0.15) is 51.6 Å². The molecule has 4 aromatic carbocycles. The van der Waals surface area contributed by atoms with Crippen molar-refractivity contribution in [3.05, 3.63) is 129 Å². The number of ether oxygens (including phenoxy) is 3. The summed E-state index contributed by atoms with van der Waals surface area (Å²) < 4.78 is 16.2. The molecule has 1 aliphatic heterocycles. The van der Waals surface area contributed by atoms with Gasteiger partial charge in [-0.2, -0.15) is 10.1 Å². The molecule has 14 heteroatoms. The number of rotatable bonds is 16. The van der Waals surface area contributed by atoms with E-state index in [9.17, 15) is 29.6 Å². The summed E-state index contributed by atoms with van der Waals surface area (Å²) in [4.78, 5) is 52.8. The van der Waals surface area contributed by atoms with Crippen LogP contribution in [0.15, 0.2) is 102 Å². The number of nitro groups is 1. The van der Waals surface area contributed by atoms with Crippen molar-refractivity contribution < 1.29 is 38.6 Å². The number of aryl methyl sites for hydroxylation is 1. The van der Waals surface area contributed by atoms with E-state index in [1.807, 2.05) is 30.3 Å². The number of amides is 1. The van der Waals surface area contributed by atoms with Crippen molar-refractivity contribution in [3.8, 4) is 11.5 Å². The number of carbonyl (C=O) groups excluding carboxylic acids is 3. The van der Waals surface area contributed by atoms with Crippen LogP contribution >= 0.6 is 0 Å². The van der Waals surface area contributed by atoms with Crippen molar-refractivity contribution >= 4 is 34.7 Å². The number of nitrogens with one attached hydrogen (secondary N) is 2. The number of esters is 1. The molecule has 264 valence electrons. The molecule has 1 aliphatic rings. The number of ketones is 1. The SMILES string of the molecule is CCOC(=O)C1=NNN(Cc2ccc(OC)cc2)C1(O)C(=O)c1ccc(OCCCCc2ccccc2)c(NC(=O)c2ccccc2)c1[N+](=O)[O-]. The van der Waals surface area contributed by atoms with Gasteiger partial charge >= 0.3 is 11.7 Å². The Hall–Kier alpha value is -6.12. The second-order valence-corrected chi connectivity index (χ2v) is 11.4. The van der Waals surface area contributed by atoms with E-state index in [2.05, 4.69) is 16.0 Å². The summed E-state index contributed by atoms with van der Waals surface area (Å²) in [7, 11) is 1.50. The van der Waals surface area contributed by atoms with E-state index in [1.54, 1.807) is 42.5 Å². The third-order valence-electron chi connectivity index (χ3n) is 8.09. The first-order valence-electron chi connectivity index (χ1n) is 16.2. The highest BCUT2D eigenvalue weighted by atomic mass is 16.6. The zero-order valence-corrected chi connectivity index (χ0v) is 28.0. The van der Waals surface area contributed by atoms with E-state index in [-0.39, 0.29) is 31.1 Å². The summed E-state index contributed by atoms with van der Waals surface area (Å²) in [5.74, 6) is -2.60. The van der Waals surface area contributed by atoms with E-state index in [0.29, 0.717) is 17.7 Å². The number of carbonyl (C=O) groups is 3. The molecule has 0 saturated heterocycles. The molecule has 14 nitrogen and oxygen atoms in total. The summed E-state index contributed by atoms with van der Waals surface area (Å²) >= 11 is 0. The molecule has 0 aliphatic carbocycles. The van der Waals surface area contributed by atoms with Crippen LogP contribution in [0.5, 0.6) is 11.5 Å². The number of hydrogen-bond donors (Lipinski definition) is 3. The van der Waals surface area contributed by atoms with Crippen molar-refractivity contribution in [1.82, 2.24) is 10.5 Å². The molecule has 0 saturated carbocycles. The average molecular weight is 696 g/mol. The summed E-state index contributed by atoms with van der Waals surface area (Å²) in [5, 5.41) is 32.4. The van der Waals surface area contributed by atoms with E-state index < -0.39 is 51.0 Å². The van der Waals surface area contributed by atoms with Gasteiger partial charge in [0.15, 0.2) is 5.69 Å². The summed E-state index contributed by atoms with van der Waals surface area (Å²) in [6, 6.07) is 26.9. The minimum Gasteiger partial charge on any atom is -0.497 e. The summed E-state index contributed by atoms with van der Waals surface area (Å²) in [6.45, 7) is 1.39. The Morgan fingerprint density at radius 2 is 1.63 bits per heavy atom. The van der Waals surface area contributed by atoms with Gasteiger partial charge in [-0.25, -0.2) is 10.3 Å². The zero-order chi connectivity index (χ0) is 36.4. The van der Waals surface area contributed by atoms with E-state index in [1.165, 1.54) is 32.2 Å². The lowest BCUT2D eigenvalue weighted by Gasteiger charge is -2.31. The van der Waals surface area contributed by atoms with Crippen LogP contribution in [0, 0.1) is 10.1 Å². The van der Waals surface area contributed by atoms with Gasteiger partial charge < -0.3 is 24.6 Å². The average Bonchev–Trinajstić information content (AvgIpc) is 3.48. The molecule has 0 radical (unpaired) electrons. The van der Waals surface area contributed by atoms with Crippen molar-refractivity contribution in [1.29, 1.82) is 0 Å². The molecular formula is C37H37N5O9. The number of anilines is 1. The highest BCUT2D eigenvalue weighted by molar-refractivity contribution is 6.46. The molecule has 51 heavy (non-hydrogen) atoms. The first-order chi connectivity index (χ1) is 24.7. The Bertz CT molecular complexity index is 1900. The Morgan fingerprint density at radius 3 is 2.27 bits per heavy atom. The van der Waals surface area contributed by atoms with Crippen molar-refractivity contribution in [2.24, 2.45) is 5.10 Å². The number of hydrazone groups is 1. The number of hydrazine groups is 1. The molecule has 1 heterocycles. The Kier molecular flexibility index (Phi) is 11.7. The van der Waals surface area contributed by atoms with Crippen LogP contribution in [0.3, 0.4) is 0 Å². The number of nitrogens with zero attached hydrogens (tertiary/aromatic N) is 3. The van der Waals surface area contributed by atoms with Gasteiger partial charge in [-0.05, 0) is 73.7 Å². The molecule has 1 atom stereocenters. The molecule has 0 fully saturated rings. The quantitative estimate of drug-likeness (QED) is 0.0468. The summed E-state index contributed by atoms with van der Waals surface area (Å²) in [6.07, 6.45) is 2.13. The van der Waals surface area contributed by atoms with E-state index in [4.69, 9.17) is 14.2 Å².